The first-order valence-electron chi connectivity index (χ1n) is 5.39. The molecule has 0 saturated heterocycles. The largest absolute Gasteiger partial charge is 0.389 e. The van der Waals surface area contributed by atoms with Crippen molar-refractivity contribution in [1.29, 1.82) is 0 Å². The van der Waals surface area contributed by atoms with E-state index in [4.69, 9.17) is 0 Å². The van der Waals surface area contributed by atoms with Crippen molar-refractivity contribution >= 4 is 0 Å². The van der Waals surface area contributed by atoms with Crippen LogP contribution in [0.4, 0.5) is 0 Å². The first kappa shape index (κ1) is 11.7. The van der Waals surface area contributed by atoms with Crippen molar-refractivity contribution in [3.63, 3.8) is 0 Å². The molecule has 0 aliphatic heterocycles. The summed E-state index contributed by atoms with van der Waals surface area (Å²) >= 11 is 0. The van der Waals surface area contributed by atoms with Crippen LogP contribution in [-0.2, 0) is 0 Å². The molecule has 14 heavy (non-hydrogen) atoms. The maximum absolute atomic E-state index is 10.2. The van der Waals surface area contributed by atoms with Gasteiger partial charge in [-0.15, -0.1) is 0 Å². The number of hydrogen-bond acceptors (Lipinski definition) is 2. The SMILES string of the molecule is C=C(C)[C@H]1CC[C@@](C)(O)[C@H](N(C)C)C1. The minimum atomic E-state index is -0.532. The summed E-state index contributed by atoms with van der Waals surface area (Å²) in [6.45, 7) is 8.07. The minimum Gasteiger partial charge on any atom is -0.389 e. The zero-order chi connectivity index (χ0) is 10.9. The lowest BCUT2D eigenvalue weighted by Crippen LogP contribution is -2.52. The molecule has 0 amide bonds. The van der Waals surface area contributed by atoms with Crippen molar-refractivity contribution in [2.45, 2.75) is 44.8 Å². The third-order valence-corrected chi connectivity index (χ3v) is 3.54. The predicted octanol–water partition coefficient (Wildman–Crippen LogP) is 2.04. The Morgan fingerprint density at radius 2 is 2.07 bits per heavy atom. The van der Waals surface area contributed by atoms with E-state index < -0.39 is 5.60 Å². The summed E-state index contributed by atoms with van der Waals surface area (Å²) in [6, 6.07) is 0.262. The van der Waals surface area contributed by atoms with Crippen LogP contribution in [-0.4, -0.2) is 35.7 Å². The number of likely N-dealkylation sites (N-methyl/N-ethyl adjacent to an activating group) is 1. The third-order valence-electron chi connectivity index (χ3n) is 3.54. The highest BCUT2D eigenvalue weighted by Gasteiger charge is 2.39. The second-order valence-electron chi connectivity index (χ2n) is 5.15. The smallest absolute Gasteiger partial charge is 0.0774 e. The lowest BCUT2D eigenvalue weighted by molar-refractivity contribution is -0.0548. The van der Waals surface area contributed by atoms with Crippen LogP contribution in [0.1, 0.15) is 33.1 Å². The molecule has 0 unspecified atom stereocenters. The van der Waals surface area contributed by atoms with Crippen LogP contribution in [0.3, 0.4) is 0 Å². The minimum absolute atomic E-state index is 0.262. The monoisotopic (exact) mass is 197 g/mol. The first-order chi connectivity index (χ1) is 6.34. The van der Waals surface area contributed by atoms with Crippen LogP contribution in [0.2, 0.25) is 0 Å². The normalized spacial score (nSPS) is 38.7. The van der Waals surface area contributed by atoms with E-state index in [9.17, 15) is 5.11 Å². The molecule has 0 aromatic rings. The molecule has 1 rings (SSSR count). The quantitative estimate of drug-likeness (QED) is 0.685. The maximum Gasteiger partial charge on any atom is 0.0774 e. The van der Waals surface area contributed by atoms with Crippen LogP contribution in [0.5, 0.6) is 0 Å². The zero-order valence-corrected chi connectivity index (χ0v) is 9.88. The number of hydrogen-bond donors (Lipinski definition) is 1. The van der Waals surface area contributed by atoms with E-state index in [1.807, 2.05) is 21.0 Å². The molecule has 0 aromatic carbocycles. The highest BCUT2D eigenvalue weighted by atomic mass is 16.3. The van der Waals surface area contributed by atoms with Crippen molar-refractivity contribution in [3.8, 4) is 0 Å². The standard InChI is InChI=1S/C12H23NO/c1-9(2)10-6-7-12(3,14)11(8-10)13(4)5/h10-11,14H,1,6-8H2,2-5H3/t10-,11+,12+/m0/s1. The van der Waals surface area contributed by atoms with Gasteiger partial charge in [0.2, 0.25) is 0 Å². The summed E-state index contributed by atoms with van der Waals surface area (Å²) in [6.07, 6.45) is 3.00. The second-order valence-corrected chi connectivity index (χ2v) is 5.15. The molecule has 3 atom stereocenters. The molecule has 1 fully saturated rings. The predicted molar refractivity (Wildman–Crippen MR) is 60.3 cm³/mol. The van der Waals surface area contributed by atoms with Gasteiger partial charge in [0.1, 0.15) is 0 Å². The van der Waals surface area contributed by atoms with E-state index >= 15 is 0 Å². The Morgan fingerprint density at radius 3 is 2.50 bits per heavy atom. The topological polar surface area (TPSA) is 23.5 Å². The maximum atomic E-state index is 10.2. The highest BCUT2D eigenvalue weighted by Crippen LogP contribution is 2.36. The fourth-order valence-electron chi connectivity index (χ4n) is 2.49. The number of nitrogens with zero attached hydrogens (tertiary/aromatic N) is 1. The fraction of sp³-hybridized carbons (Fsp3) is 0.833. The Kier molecular flexibility index (Phi) is 3.38. The van der Waals surface area contributed by atoms with Gasteiger partial charge in [0.15, 0.2) is 0 Å². The van der Waals surface area contributed by atoms with Crippen LogP contribution in [0.15, 0.2) is 12.2 Å². The van der Waals surface area contributed by atoms with Gasteiger partial charge < -0.3 is 10.0 Å². The molecular weight excluding hydrogens is 174 g/mol. The molecule has 0 bridgehead atoms. The van der Waals surface area contributed by atoms with Gasteiger partial charge in [-0.3, -0.25) is 0 Å². The molecule has 1 N–H and O–H groups in total. The molecule has 2 nitrogen and oxygen atoms in total. The van der Waals surface area contributed by atoms with Crippen LogP contribution in [0.25, 0.3) is 0 Å². The molecule has 2 heteroatoms. The first-order valence-corrected chi connectivity index (χ1v) is 5.39. The molecule has 0 aromatic heterocycles. The highest BCUT2D eigenvalue weighted by molar-refractivity contribution is 5.04. The van der Waals surface area contributed by atoms with Crippen molar-refractivity contribution in [2.75, 3.05) is 14.1 Å². The van der Waals surface area contributed by atoms with Crippen molar-refractivity contribution in [2.24, 2.45) is 5.92 Å². The summed E-state index contributed by atoms with van der Waals surface area (Å²) in [7, 11) is 4.08. The van der Waals surface area contributed by atoms with Gasteiger partial charge >= 0.3 is 0 Å². The van der Waals surface area contributed by atoms with Crippen LogP contribution < -0.4 is 0 Å². The number of rotatable bonds is 2. The zero-order valence-electron chi connectivity index (χ0n) is 9.88. The molecule has 82 valence electrons. The second kappa shape index (κ2) is 4.03. The van der Waals surface area contributed by atoms with Crippen LogP contribution in [0, 0.1) is 5.92 Å². The average Bonchev–Trinajstić information content (AvgIpc) is 2.02. The molecule has 0 spiro atoms. The van der Waals surface area contributed by atoms with E-state index in [0.717, 1.165) is 19.3 Å². The Bertz CT molecular complexity index is 220. The average molecular weight is 197 g/mol. The summed E-state index contributed by atoms with van der Waals surface area (Å²) in [5.74, 6) is 0.586. The molecule has 1 aliphatic carbocycles. The Labute approximate surface area is 87.6 Å². The van der Waals surface area contributed by atoms with Crippen LogP contribution >= 0.6 is 0 Å². The molecule has 1 aliphatic rings. The summed E-state index contributed by atoms with van der Waals surface area (Å²) in [4.78, 5) is 2.13. The fourth-order valence-corrected chi connectivity index (χ4v) is 2.49. The van der Waals surface area contributed by atoms with E-state index in [0.29, 0.717) is 5.92 Å². The molecule has 1 saturated carbocycles. The number of allylic oxidation sites excluding steroid dienone is 1. The Hall–Kier alpha value is -0.340. The molecule has 0 radical (unpaired) electrons. The van der Waals surface area contributed by atoms with Gasteiger partial charge in [0.25, 0.3) is 0 Å². The summed E-state index contributed by atoms with van der Waals surface area (Å²) < 4.78 is 0. The van der Waals surface area contributed by atoms with Crippen molar-refractivity contribution < 1.29 is 5.11 Å². The van der Waals surface area contributed by atoms with Crippen molar-refractivity contribution in [1.82, 2.24) is 4.90 Å². The molecule has 0 heterocycles. The number of aliphatic hydroxyl groups is 1. The van der Waals surface area contributed by atoms with Gasteiger partial charge in [0.05, 0.1) is 5.60 Å². The Balaban J connectivity index is 2.72. The third kappa shape index (κ3) is 2.37. The van der Waals surface area contributed by atoms with E-state index in [2.05, 4.69) is 18.4 Å². The van der Waals surface area contributed by atoms with Gasteiger partial charge in [-0.25, -0.2) is 0 Å². The van der Waals surface area contributed by atoms with Gasteiger partial charge in [-0.05, 0) is 53.1 Å². The van der Waals surface area contributed by atoms with Gasteiger partial charge in [-0.1, -0.05) is 12.2 Å². The lowest BCUT2D eigenvalue weighted by Gasteiger charge is -2.44. The summed E-state index contributed by atoms with van der Waals surface area (Å²) in [5, 5.41) is 10.2. The van der Waals surface area contributed by atoms with Gasteiger partial charge in [-0.2, -0.15) is 0 Å². The van der Waals surface area contributed by atoms with E-state index in [1.54, 1.807) is 0 Å². The van der Waals surface area contributed by atoms with E-state index in [-0.39, 0.29) is 6.04 Å². The Morgan fingerprint density at radius 1 is 1.50 bits per heavy atom. The van der Waals surface area contributed by atoms with E-state index in [1.165, 1.54) is 5.57 Å². The lowest BCUT2D eigenvalue weighted by atomic mass is 9.73. The van der Waals surface area contributed by atoms with Crippen molar-refractivity contribution in [3.05, 3.63) is 12.2 Å². The summed E-state index contributed by atoms with van der Waals surface area (Å²) in [5.41, 5.74) is 0.725. The molecular formula is C12H23NO. The van der Waals surface area contributed by atoms with Gasteiger partial charge in [0, 0.05) is 6.04 Å².